The molecular formula is C25H24BrN3O4. The maximum Gasteiger partial charge on any atom is 0.276 e. The minimum absolute atomic E-state index is 0.0803. The van der Waals surface area contributed by atoms with Gasteiger partial charge in [-0.3, -0.25) is 25.2 Å². The van der Waals surface area contributed by atoms with E-state index in [2.05, 4.69) is 32.1 Å². The van der Waals surface area contributed by atoms with E-state index in [0.717, 1.165) is 17.5 Å². The first-order valence-electron chi connectivity index (χ1n) is 10.4. The third-order valence-corrected chi connectivity index (χ3v) is 5.24. The number of hydrogen-bond acceptors (Lipinski definition) is 4. The third-order valence-electron chi connectivity index (χ3n) is 4.62. The second kappa shape index (κ2) is 11.8. The van der Waals surface area contributed by atoms with Crippen LogP contribution in [0.2, 0.25) is 0 Å². The molecule has 0 unspecified atom stereocenters. The number of rotatable bonds is 8. The van der Waals surface area contributed by atoms with Crippen molar-refractivity contribution in [1.29, 1.82) is 0 Å². The molecule has 0 bridgehead atoms. The molecule has 0 radical (unpaired) electrons. The van der Waals surface area contributed by atoms with Gasteiger partial charge in [-0.05, 0) is 69.9 Å². The Morgan fingerprint density at radius 3 is 2.24 bits per heavy atom. The van der Waals surface area contributed by atoms with E-state index in [1.165, 1.54) is 0 Å². The molecule has 3 aromatic rings. The van der Waals surface area contributed by atoms with Gasteiger partial charge in [-0.1, -0.05) is 43.3 Å². The summed E-state index contributed by atoms with van der Waals surface area (Å²) in [5.74, 6) is -0.561. The molecule has 3 rings (SSSR count). The normalized spacial score (nSPS) is 10.2. The van der Waals surface area contributed by atoms with Gasteiger partial charge in [0, 0.05) is 17.7 Å². The quantitative estimate of drug-likeness (QED) is 0.383. The smallest absolute Gasteiger partial charge is 0.276 e. The summed E-state index contributed by atoms with van der Waals surface area (Å²) in [5, 5.41) is 2.75. The molecule has 0 saturated heterocycles. The topological polar surface area (TPSA) is 96.5 Å². The lowest BCUT2D eigenvalue weighted by Gasteiger charge is -2.11. The Morgan fingerprint density at radius 1 is 0.848 bits per heavy atom. The molecule has 0 atom stereocenters. The van der Waals surface area contributed by atoms with Gasteiger partial charge in [0.2, 0.25) is 5.91 Å². The Bertz CT molecular complexity index is 1120. The van der Waals surface area contributed by atoms with Gasteiger partial charge >= 0.3 is 0 Å². The molecule has 0 aliphatic carbocycles. The van der Waals surface area contributed by atoms with Crippen molar-refractivity contribution in [2.24, 2.45) is 0 Å². The summed E-state index contributed by atoms with van der Waals surface area (Å²) in [7, 11) is 0. The Labute approximate surface area is 200 Å². The third kappa shape index (κ3) is 7.18. The zero-order valence-electron chi connectivity index (χ0n) is 18.1. The van der Waals surface area contributed by atoms with Crippen molar-refractivity contribution in [3.05, 3.63) is 82.8 Å². The Kier molecular flexibility index (Phi) is 8.60. The minimum atomic E-state index is -0.508. The second-order valence-corrected chi connectivity index (χ2v) is 8.03. The number of carbonyl (C=O) groups is 3. The summed E-state index contributed by atoms with van der Waals surface area (Å²) >= 11 is 3.46. The van der Waals surface area contributed by atoms with Crippen molar-refractivity contribution >= 4 is 39.3 Å². The van der Waals surface area contributed by atoms with Gasteiger partial charge in [-0.15, -0.1) is 0 Å². The van der Waals surface area contributed by atoms with E-state index < -0.39 is 11.8 Å². The molecular weight excluding hydrogens is 486 g/mol. The van der Waals surface area contributed by atoms with E-state index in [0.29, 0.717) is 27.9 Å². The molecule has 0 saturated carbocycles. The number of anilines is 1. The predicted octanol–water partition coefficient (Wildman–Crippen LogP) is 4.69. The van der Waals surface area contributed by atoms with Crippen molar-refractivity contribution in [3.8, 4) is 16.9 Å². The zero-order valence-corrected chi connectivity index (χ0v) is 19.6. The van der Waals surface area contributed by atoms with E-state index in [9.17, 15) is 14.4 Å². The standard InChI is InChI=1S/C25H24BrN3O4/c1-2-6-23(30)27-20-12-9-18(10-13-20)25(32)29-28-24(31)16-33-22-14-11-19(15-21(22)26)17-7-4-3-5-8-17/h3-5,7-15H,2,6,16H2,1H3,(H,27,30)(H,28,31)(H,29,32). The second-order valence-electron chi connectivity index (χ2n) is 7.18. The van der Waals surface area contributed by atoms with E-state index in [1.807, 2.05) is 49.4 Å². The molecule has 0 aliphatic heterocycles. The molecule has 8 heteroatoms. The molecule has 170 valence electrons. The number of halogens is 1. The van der Waals surface area contributed by atoms with Crippen LogP contribution in [0.5, 0.6) is 5.75 Å². The zero-order chi connectivity index (χ0) is 23.6. The Hall–Kier alpha value is -3.65. The SMILES string of the molecule is CCCC(=O)Nc1ccc(C(=O)NNC(=O)COc2ccc(-c3ccccc3)cc2Br)cc1. The molecule has 3 N–H and O–H groups in total. The summed E-state index contributed by atoms with van der Waals surface area (Å²) in [6.07, 6.45) is 1.19. The highest BCUT2D eigenvalue weighted by Crippen LogP contribution is 2.30. The number of ether oxygens (including phenoxy) is 1. The summed E-state index contributed by atoms with van der Waals surface area (Å²) in [6, 6.07) is 21.9. The molecule has 0 aromatic heterocycles. The minimum Gasteiger partial charge on any atom is -0.483 e. The predicted molar refractivity (Wildman–Crippen MR) is 131 cm³/mol. The fourth-order valence-corrected chi connectivity index (χ4v) is 3.45. The summed E-state index contributed by atoms with van der Waals surface area (Å²) < 4.78 is 6.26. The van der Waals surface area contributed by atoms with Gasteiger partial charge in [0.05, 0.1) is 4.47 Å². The van der Waals surface area contributed by atoms with Crippen LogP contribution in [-0.2, 0) is 9.59 Å². The van der Waals surface area contributed by atoms with Crippen LogP contribution in [0.4, 0.5) is 5.69 Å². The number of benzene rings is 3. The Morgan fingerprint density at radius 2 is 1.58 bits per heavy atom. The molecule has 7 nitrogen and oxygen atoms in total. The summed E-state index contributed by atoms with van der Waals surface area (Å²) in [5.41, 5.74) is 7.69. The van der Waals surface area contributed by atoms with Crippen LogP contribution < -0.4 is 20.9 Å². The highest BCUT2D eigenvalue weighted by atomic mass is 79.9. The van der Waals surface area contributed by atoms with Crippen LogP contribution >= 0.6 is 15.9 Å². The molecule has 33 heavy (non-hydrogen) atoms. The molecule has 0 spiro atoms. The first-order valence-corrected chi connectivity index (χ1v) is 11.2. The summed E-state index contributed by atoms with van der Waals surface area (Å²) in [4.78, 5) is 35.9. The number of nitrogens with one attached hydrogen (secondary N) is 3. The van der Waals surface area contributed by atoms with Gasteiger partial charge in [0.1, 0.15) is 5.75 Å². The largest absolute Gasteiger partial charge is 0.483 e. The maximum absolute atomic E-state index is 12.2. The van der Waals surface area contributed by atoms with Gasteiger partial charge in [-0.2, -0.15) is 0 Å². The van der Waals surface area contributed by atoms with Gasteiger partial charge in [-0.25, -0.2) is 0 Å². The van der Waals surface area contributed by atoms with Crippen molar-refractivity contribution in [2.45, 2.75) is 19.8 Å². The monoisotopic (exact) mass is 509 g/mol. The lowest BCUT2D eigenvalue weighted by molar-refractivity contribution is -0.123. The van der Waals surface area contributed by atoms with Crippen molar-refractivity contribution in [3.63, 3.8) is 0 Å². The van der Waals surface area contributed by atoms with E-state index in [-0.39, 0.29) is 12.5 Å². The van der Waals surface area contributed by atoms with Crippen LogP contribution in [0.15, 0.2) is 77.3 Å². The number of amides is 3. The van der Waals surface area contributed by atoms with Crippen LogP contribution in [0, 0.1) is 0 Å². The van der Waals surface area contributed by atoms with E-state index in [1.54, 1.807) is 30.3 Å². The first-order chi connectivity index (χ1) is 16.0. The lowest BCUT2D eigenvalue weighted by atomic mass is 10.1. The van der Waals surface area contributed by atoms with Crippen LogP contribution in [0.3, 0.4) is 0 Å². The van der Waals surface area contributed by atoms with Crippen LogP contribution in [-0.4, -0.2) is 24.3 Å². The van der Waals surface area contributed by atoms with Crippen molar-refractivity contribution in [2.75, 3.05) is 11.9 Å². The molecule has 0 heterocycles. The first kappa shape index (κ1) is 24.0. The molecule has 0 fully saturated rings. The number of hydrogen-bond donors (Lipinski definition) is 3. The fraction of sp³-hybridized carbons (Fsp3) is 0.160. The average molecular weight is 510 g/mol. The average Bonchev–Trinajstić information content (AvgIpc) is 2.83. The van der Waals surface area contributed by atoms with Crippen LogP contribution in [0.25, 0.3) is 11.1 Å². The molecule has 3 amide bonds. The highest BCUT2D eigenvalue weighted by Gasteiger charge is 2.10. The van der Waals surface area contributed by atoms with Crippen molar-refractivity contribution in [1.82, 2.24) is 10.9 Å². The fourth-order valence-electron chi connectivity index (χ4n) is 2.96. The van der Waals surface area contributed by atoms with Gasteiger partial charge in [0.15, 0.2) is 6.61 Å². The number of carbonyl (C=O) groups excluding carboxylic acids is 3. The van der Waals surface area contributed by atoms with Crippen LogP contribution in [0.1, 0.15) is 30.1 Å². The summed E-state index contributed by atoms with van der Waals surface area (Å²) in [6.45, 7) is 1.65. The molecule has 3 aromatic carbocycles. The van der Waals surface area contributed by atoms with E-state index in [4.69, 9.17) is 4.74 Å². The molecule has 0 aliphatic rings. The Balaban J connectivity index is 1.46. The lowest BCUT2D eigenvalue weighted by Crippen LogP contribution is -2.43. The van der Waals surface area contributed by atoms with Gasteiger partial charge < -0.3 is 10.1 Å². The maximum atomic E-state index is 12.2. The van der Waals surface area contributed by atoms with E-state index >= 15 is 0 Å². The highest BCUT2D eigenvalue weighted by molar-refractivity contribution is 9.10. The van der Waals surface area contributed by atoms with Crippen molar-refractivity contribution < 1.29 is 19.1 Å². The number of hydrazine groups is 1. The van der Waals surface area contributed by atoms with Gasteiger partial charge in [0.25, 0.3) is 11.8 Å².